The lowest BCUT2D eigenvalue weighted by molar-refractivity contribution is -0.143. The van der Waals surface area contributed by atoms with Crippen molar-refractivity contribution in [2.24, 2.45) is 0 Å². The second-order valence-electron chi connectivity index (χ2n) is 4.87. The zero-order valence-electron chi connectivity index (χ0n) is 10.7. The molecule has 0 aromatic heterocycles. The lowest BCUT2D eigenvalue weighted by atomic mass is 10.1. The standard InChI is InChI=1S/C14H20N2O2/c1-11(14(17)18)16(10-13-7-8-15-13)9-12-5-3-2-4-6-12/h2-6,11,13,15H,7-10H2,1H3,(H,17,18). The van der Waals surface area contributed by atoms with Gasteiger partial charge in [0.05, 0.1) is 0 Å². The molecule has 1 aromatic rings. The van der Waals surface area contributed by atoms with Crippen molar-refractivity contribution in [3.63, 3.8) is 0 Å². The molecule has 2 atom stereocenters. The molecule has 1 aromatic carbocycles. The number of hydrogen-bond donors (Lipinski definition) is 2. The predicted octanol–water partition coefficient (Wildman–Crippen LogP) is 1.32. The molecule has 1 saturated heterocycles. The Kier molecular flexibility index (Phi) is 4.33. The van der Waals surface area contributed by atoms with Gasteiger partial charge in [0.15, 0.2) is 0 Å². The maximum atomic E-state index is 11.2. The SMILES string of the molecule is CC(C(=O)O)N(Cc1ccccc1)CC1CCN1. The summed E-state index contributed by atoms with van der Waals surface area (Å²) in [6.45, 7) is 4.28. The van der Waals surface area contributed by atoms with E-state index in [4.69, 9.17) is 0 Å². The van der Waals surface area contributed by atoms with Crippen LogP contribution in [0, 0.1) is 0 Å². The molecule has 0 radical (unpaired) electrons. The van der Waals surface area contributed by atoms with Crippen LogP contribution < -0.4 is 5.32 Å². The predicted molar refractivity (Wildman–Crippen MR) is 70.4 cm³/mol. The third-order valence-corrected chi connectivity index (χ3v) is 3.51. The van der Waals surface area contributed by atoms with Crippen molar-refractivity contribution in [1.82, 2.24) is 10.2 Å². The lowest BCUT2D eigenvalue weighted by Gasteiger charge is -2.35. The fraction of sp³-hybridized carbons (Fsp3) is 0.500. The van der Waals surface area contributed by atoms with Crippen LogP contribution in [0.1, 0.15) is 18.9 Å². The number of nitrogens with zero attached hydrogens (tertiary/aromatic N) is 1. The number of carbonyl (C=O) groups is 1. The maximum Gasteiger partial charge on any atom is 0.320 e. The Morgan fingerprint density at radius 3 is 2.67 bits per heavy atom. The number of carboxylic acids is 1. The van der Waals surface area contributed by atoms with E-state index in [2.05, 4.69) is 5.32 Å². The van der Waals surface area contributed by atoms with Crippen LogP contribution in [-0.4, -0.2) is 41.1 Å². The van der Waals surface area contributed by atoms with Gasteiger partial charge in [-0.05, 0) is 25.5 Å². The molecule has 4 heteroatoms. The van der Waals surface area contributed by atoms with Gasteiger partial charge < -0.3 is 10.4 Å². The van der Waals surface area contributed by atoms with E-state index >= 15 is 0 Å². The van der Waals surface area contributed by atoms with E-state index in [0.717, 1.165) is 25.1 Å². The Morgan fingerprint density at radius 1 is 1.50 bits per heavy atom. The van der Waals surface area contributed by atoms with E-state index in [1.165, 1.54) is 0 Å². The summed E-state index contributed by atoms with van der Waals surface area (Å²) < 4.78 is 0. The van der Waals surface area contributed by atoms with Crippen LogP contribution in [0.3, 0.4) is 0 Å². The van der Waals surface area contributed by atoms with Crippen molar-refractivity contribution >= 4 is 5.97 Å². The molecule has 0 saturated carbocycles. The second kappa shape index (κ2) is 5.98. The quantitative estimate of drug-likeness (QED) is 0.797. The minimum atomic E-state index is -0.759. The summed E-state index contributed by atoms with van der Waals surface area (Å²) in [4.78, 5) is 13.2. The maximum absolute atomic E-state index is 11.2. The topological polar surface area (TPSA) is 52.6 Å². The average molecular weight is 248 g/mol. The van der Waals surface area contributed by atoms with Crippen molar-refractivity contribution in [3.05, 3.63) is 35.9 Å². The number of nitrogens with one attached hydrogen (secondary N) is 1. The summed E-state index contributed by atoms with van der Waals surface area (Å²) in [5.74, 6) is -0.759. The first-order valence-electron chi connectivity index (χ1n) is 6.41. The van der Waals surface area contributed by atoms with Crippen molar-refractivity contribution in [2.75, 3.05) is 13.1 Å². The first-order valence-corrected chi connectivity index (χ1v) is 6.41. The summed E-state index contributed by atoms with van der Waals surface area (Å²) >= 11 is 0. The summed E-state index contributed by atoms with van der Waals surface area (Å²) in [5, 5.41) is 12.5. The highest BCUT2D eigenvalue weighted by Gasteiger charge is 2.26. The molecule has 0 amide bonds. The molecule has 1 heterocycles. The highest BCUT2D eigenvalue weighted by atomic mass is 16.4. The minimum absolute atomic E-state index is 0.440. The van der Waals surface area contributed by atoms with E-state index < -0.39 is 12.0 Å². The summed E-state index contributed by atoms with van der Waals surface area (Å²) in [6.07, 6.45) is 1.14. The number of benzene rings is 1. The third kappa shape index (κ3) is 3.31. The summed E-state index contributed by atoms with van der Waals surface area (Å²) in [7, 11) is 0. The van der Waals surface area contributed by atoms with Crippen molar-refractivity contribution < 1.29 is 9.90 Å². The first-order chi connectivity index (χ1) is 8.66. The van der Waals surface area contributed by atoms with Crippen molar-refractivity contribution in [1.29, 1.82) is 0 Å². The number of aliphatic carboxylic acids is 1. The molecule has 98 valence electrons. The van der Waals surface area contributed by atoms with E-state index in [0.29, 0.717) is 12.6 Å². The zero-order chi connectivity index (χ0) is 13.0. The molecule has 0 bridgehead atoms. The van der Waals surface area contributed by atoms with Gasteiger partial charge in [0.2, 0.25) is 0 Å². The Balaban J connectivity index is 2.01. The number of carboxylic acid groups (broad SMARTS) is 1. The van der Waals surface area contributed by atoms with Crippen LogP contribution in [0.4, 0.5) is 0 Å². The average Bonchev–Trinajstić information content (AvgIpc) is 2.32. The van der Waals surface area contributed by atoms with Gasteiger partial charge in [-0.25, -0.2) is 0 Å². The number of rotatable bonds is 6. The van der Waals surface area contributed by atoms with Gasteiger partial charge >= 0.3 is 5.97 Å². The monoisotopic (exact) mass is 248 g/mol. The molecule has 1 aliphatic heterocycles. The zero-order valence-corrected chi connectivity index (χ0v) is 10.7. The highest BCUT2D eigenvalue weighted by Crippen LogP contribution is 2.12. The van der Waals surface area contributed by atoms with Gasteiger partial charge in [-0.2, -0.15) is 0 Å². The normalized spacial score (nSPS) is 20.4. The van der Waals surface area contributed by atoms with Gasteiger partial charge in [-0.15, -0.1) is 0 Å². The molecular weight excluding hydrogens is 228 g/mol. The Labute approximate surface area is 108 Å². The van der Waals surface area contributed by atoms with Crippen LogP contribution in [0.5, 0.6) is 0 Å². The van der Waals surface area contributed by atoms with Crippen molar-refractivity contribution in [3.8, 4) is 0 Å². The molecule has 1 aliphatic rings. The van der Waals surface area contributed by atoms with E-state index in [1.807, 2.05) is 35.2 Å². The molecule has 2 unspecified atom stereocenters. The molecule has 0 aliphatic carbocycles. The molecule has 4 nitrogen and oxygen atoms in total. The van der Waals surface area contributed by atoms with Crippen LogP contribution in [0.25, 0.3) is 0 Å². The lowest BCUT2D eigenvalue weighted by Crippen LogP contribution is -2.53. The van der Waals surface area contributed by atoms with E-state index in [-0.39, 0.29) is 0 Å². The molecule has 2 N–H and O–H groups in total. The molecule has 18 heavy (non-hydrogen) atoms. The smallest absolute Gasteiger partial charge is 0.320 e. The van der Waals surface area contributed by atoms with Gasteiger partial charge in [0.1, 0.15) is 6.04 Å². The van der Waals surface area contributed by atoms with Gasteiger partial charge in [0.25, 0.3) is 0 Å². The minimum Gasteiger partial charge on any atom is -0.480 e. The van der Waals surface area contributed by atoms with Gasteiger partial charge in [-0.3, -0.25) is 9.69 Å². The molecule has 1 fully saturated rings. The summed E-state index contributed by atoms with van der Waals surface area (Å²) in [5.41, 5.74) is 1.16. The van der Waals surface area contributed by atoms with Crippen LogP contribution in [0.15, 0.2) is 30.3 Å². The first kappa shape index (κ1) is 13.1. The molecular formula is C14H20N2O2. The third-order valence-electron chi connectivity index (χ3n) is 3.51. The van der Waals surface area contributed by atoms with Gasteiger partial charge in [-0.1, -0.05) is 30.3 Å². The molecule has 2 rings (SSSR count). The van der Waals surface area contributed by atoms with E-state index in [9.17, 15) is 9.90 Å². The van der Waals surface area contributed by atoms with Crippen molar-refractivity contribution in [2.45, 2.75) is 32.0 Å². The molecule has 0 spiro atoms. The highest BCUT2D eigenvalue weighted by molar-refractivity contribution is 5.72. The Bertz CT molecular complexity index is 390. The second-order valence-corrected chi connectivity index (χ2v) is 4.87. The Hall–Kier alpha value is -1.39. The van der Waals surface area contributed by atoms with E-state index in [1.54, 1.807) is 6.92 Å². The van der Waals surface area contributed by atoms with Crippen LogP contribution in [-0.2, 0) is 11.3 Å². The summed E-state index contributed by atoms with van der Waals surface area (Å²) in [6, 6.07) is 10.0. The van der Waals surface area contributed by atoms with Gasteiger partial charge in [0, 0.05) is 19.1 Å². The van der Waals surface area contributed by atoms with Crippen LogP contribution >= 0.6 is 0 Å². The fourth-order valence-electron chi connectivity index (χ4n) is 2.12. The largest absolute Gasteiger partial charge is 0.480 e. The number of hydrogen-bond acceptors (Lipinski definition) is 3. The Morgan fingerprint density at radius 2 is 2.17 bits per heavy atom. The van der Waals surface area contributed by atoms with Crippen LogP contribution in [0.2, 0.25) is 0 Å². The fourth-order valence-corrected chi connectivity index (χ4v) is 2.12.